The molecule has 7 heteroatoms. The van der Waals surface area contributed by atoms with Gasteiger partial charge in [-0.25, -0.2) is 0 Å². The average molecular weight is 335 g/mol. The van der Waals surface area contributed by atoms with E-state index in [2.05, 4.69) is 24.3 Å². The highest BCUT2D eigenvalue weighted by molar-refractivity contribution is 5.92. The van der Waals surface area contributed by atoms with Crippen LogP contribution in [-0.2, 0) is 9.63 Å². The van der Waals surface area contributed by atoms with Crippen LogP contribution in [0.15, 0.2) is 23.4 Å². The number of anilines is 1. The first-order chi connectivity index (χ1) is 11.5. The number of hydrogen-bond donors (Lipinski definition) is 2. The van der Waals surface area contributed by atoms with E-state index in [0.717, 1.165) is 12.8 Å². The fraction of sp³-hybridized carbons (Fsp3) is 0.529. The van der Waals surface area contributed by atoms with Crippen molar-refractivity contribution in [2.75, 3.05) is 25.1 Å². The smallest absolute Gasteiger partial charge is 0.265 e. The molecule has 2 rings (SSSR count). The van der Waals surface area contributed by atoms with Crippen molar-refractivity contribution in [1.82, 2.24) is 0 Å². The van der Waals surface area contributed by atoms with Gasteiger partial charge in [-0.1, -0.05) is 19.0 Å². The molecule has 7 nitrogen and oxygen atoms in total. The van der Waals surface area contributed by atoms with Crippen LogP contribution in [0.2, 0.25) is 0 Å². The lowest BCUT2D eigenvalue weighted by molar-refractivity contribution is -0.120. The van der Waals surface area contributed by atoms with Crippen LogP contribution in [0, 0.1) is 5.92 Å². The van der Waals surface area contributed by atoms with Crippen molar-refractivity contribution >= 4 is 17.4 Å². The maximum Gasteiger partial charge on any atom is 0.265 e. The number of fused-ring (bicyclic) bond motifs is 1. The first kappa shape index (κ1) is 17.9. The highest BCUT2D eigenvalue weighted by Gasteiger charge is 2.12. The molecule has 132 valence electrons. The van der Waals surface area contributed by atoms with Crippen LogP contribution in [0.1, 0.15) is 33.1 Å². The van der Waals surface area contributed by atoms with E-state index in [4.69, 9.17) is 20.0 Å². The number of nitrogens with zero attached hydrogens (tertiary/aromatic N) is 1. The maximum absolute atomic E-state index is 11.9. The number of benzene rings is 1. The molecule has 0 spiro atoms. The third-order valence-electron chi connectivity index (χ3n) is 3.39. The minimum absolute atomic E-state index is 0.198. The van der Waals surface area contributed by atoms with Crippen molar-refractivity contribution in [1.29, 1.82) is 0 Å². The van der Waals surface area contributed by atoms with Gasteiger partial charge in [-0.05, 0) is 24.5 Å². The van der Waals surface area contributed by atoms with E-state index in [0.29, 0.717) is 48.6 Å². The fourth-order valence-corrected chi connectivity index (χ4v) is 2.09. The van der Waals surface area contributed by atoms with Gasteiger partial charge in [0.2, 0.25) is 0 Å². The van der Waals surface area contributed by atoms with E-state index in [9.17, 15) is 4.79 Å². The van der Waals surface area contributed by atoms with E-state index in [1.807, 2.05) is 0 Å². The van der Waals surface area contributed by atoms with Crippen LogP contribution in [0.25, 0.3) is 0 Å². The number of rotatable bonds is 7. The Kier molecular flexibility index (Phi) is 6.72. The van der Waals surface area contributed by atoms with Gasteiger partial charge in [0.05, 0.1) is 13.2 Å². The molecular weight excluding hydrogens is 310 g/mol. The van der Waals surface area contributed by atoms with Crippen LogP contribution in [0.3, 0.4) is 0 Å². The Hall–Kier alpha value is -2.44. The minimum atomic E-state index is -0.315. The Labute approximate surface area is 142 Å². The summed E-state index contributed by atoms with van der Waals surface area (Å²) in [6.07, 6.45) is 2.42. The van der Waals surface area contributed by atoms with E-state index in [-0.39, 0.29) is 12.5 Å². The minimum Gasteiger partial charge on any atom is -0.490 e. The van der Waals surface area contributed by atoms with Crippen molar-refractivity contribution in [2.45, 2.75) is 33.1 Å². The standard InChI is InChI=1S/C17H25N3O4/c1-12(2)4-7-16(18)20-24-11-17(21)19-13-5-6-14-15(10-13)23-9-3-8-22-14/h5-6,10,12H,3-4,7-9,11H2,1-2H3,(H2,18,20)(H,19,21). The number of oxime groups is 1. The Bertz CT molecular complexity index is 587. The molecule has 0 radical (unpaired) electrons. The Morgan fingerprint density at radius 3 is 2.83 bits per heavy atom. The van der Waals surface area contributed by atoms with Gasteiger partial charge in [-0.3, -0.25) is 4.79 Å². The van der Waals surface area contributed by atoms with Gasteiger partial charge in [0, 0.05) is 24.6 Å². The zero-order valence-corrected chi connectivity index (χ0v) is 14.2. The number of amidine groups is 1. The monoisotopic (exact) mass is 335 g/mol. The molecular formula is C17H25N3O4. The summed E-state index contributed by atoms with van der Waals surface area (Å²) in [6, 6.07) is 5.27. The third-order valence-corrected chi connectivity index (χ3v) is 3.39. The van der Waals surface area contributed by atoms with E-state index >= 15 is 0 Å². The van der Waals surface area contributed by atoms with Gasteiger partial charge in [0.25, 0.3) is 5.91 Å². The molecule has 1 heterocycles. The first-order valence-corrected chi connectivity index (χ1v) is 8.18. The zero-order valence-electron chi connectivity index (χ0n) is 14.2. The Morgan fingerprint density at radius 2 is 2.08 bits per heavy atom. The molecule has 24 heavy (non-hydrogen) atoms. The average Bonchev–Trinajstić information content (AvgIpc) is 2.77. The number of carbonyl (C=O) groups is 1. The second kappa shape index (κ2) is 9.00. The molecule has 0 aromatic heterocycles. The Morgan fingerprint density at radius 1 is 1.33 bits per heavy atom. The summed E-state index contributed by atoms with van der Waals surface area (Å²) in [7, 11) is 0. The molecule has 0 fully saturated rings. The quantitative estimate of drug-likeness (QED) is 0.453. The molecule has 0 bridgehead atoms. The van der Waals surface area contributed by atoms with Crippen LogP contribution in [0.5, 0.6) is 11.5 Å². The highest BCUT2D eigenvalue weighted by Crippen LogP contribution is 2.32. The summed E-state index contributed by atoms with van der Waals surface area (Å²) in [6.45, 7) is 5.24. The molecule has 1 amide bonds. The maximum atomic E-state index is 11.9. The van der Waals surface area contributed by atoms with Crippen LogP contribution in [0.4, 0.5) is 5.69 Å². The van der Waals surface area contributed by atoms with Crippen molar-refractivity contribution in [3.8, 4) is 11.5 Å². The van der Waals surface area contributed by atoms with Gasteiger partial charge < -0.3 is 25.4 Å². The molecule has 3 N–H and O–H groups in total. The summed E-state index contributed by atoms with van der Waals surface area (Å²) in [5.41, 5.74) is 6.33. The van der Waals surface area contributed by atoms with Crippen molar-refractivity contribution in [2.24, 2.45) is 16.8 Å². The van der Waals surface area contributed by atoms with Gasteiger partial charge in [0.1, 0.15) is 5.84 Å². The largest absolute Gasteiger partial charge is 0.490 e. The lowest BCUT2D eigenvalue weighted by Crippen LogP contribution is -2.19. The van der Waals surface area contributed by atoms with Gasteiger partial charge >= 0.3 is 0 Å². The van der Waals surface area contributed by atoms with Crippen molar-refractivity contribution in [3.63, 3.8) is 0 Å². The lowest BCUT2D eigenvalue weighted by atomic mass is 10.1. The first-order valence-electron chi connectivity index (χ1n) is 8.18. The van der Waals surface area contributed by atoms with E-state index in [1.165, 1.54) is 0 Å². The Balaban J connectivity index is 1.80. The summed E-state index contributed by atoms with van der Waals surface area (Å²) in [4.78, 5) is 16.9. The number of nitrogens with one attached hydrogen (secondary N) is 1. The van der Waals surface area contributed by atoms with Crippen LogP contribution in [-0.4, -0.2) is 31.6 Å². The summed E-state index contributed by atoms with van der Waals surface area (Å²) in [5.74, 6) is 1.94. The number of carbonyl (C=O) groups excluding carboxylic acids is 1. The van der Waals surface area contributed by atoms with E-state index < -0.39 is 0 Å². The number of nitrogens with two attached hydrogens (primary N) is 1. The van der Waals surface area contributed by atoms with Crippen molar-refractivity contribution in [3.05, 3.63) is 18.2 Å². The second-order valence-corrected chi connectivity index (χ2v) is 6.05. The predicted molar refractivity (Wildman–Crippen MR) is 92.3 cm³/mol. The molecule has 1 aromatic rings. The van der Waals surface area contributed by atoms with Gasteiger partial charge in [0.15, 0.2) is 18.1 Å². The third kappa shape index (κ3) is 5.98. The van der Waals surface area contributed by atoms with Crippen molar-refractivity contribution < 1.29 is 19.1 Å². The SMILES string of the molecule is CC(C)CC/C(N)=N/OCC(=O)Nc1ccc2c(c1)OCCCO2. The number of ether oxygens (including phenoxy) is 2. The molecule has 1 aliphatic heterocycles. The van der Waals surface area contributed by atoms with Gasteiger partial charge in [-0.2, -0.15) is 0 Å². The van der Waals surface area contributed by atoms with Gasteiger partial charge in [-0.15, -0.1) is 0 Å². The molecule has 0 saturated carbocycles. The normalized spacial score (nSPS) is 14.2. The van der Waals surface area contributed by atoms with E-state index in [1.54, 1.807) is 18.2 Å². The van der Waals surface area contributed by atoms with Crippen LogP contribution >= 0.6 is 0 Å². The molecule has 1 aromatic carbocycles. The molecule has 0 aliphatic carbocycles. The fourth-order valence-electron chi connectivity index (χ4n) is 2.09. The molecule has 1 aliphatic rings. The summed E-state index contributed by atoms with van der Waals surface area (Å²) >= 11 is 0. The van der Waals surface area contributed by atoms with Crippen LogP contribution < -0.4 is 20.5 Å². The topological polar surface area (TPSA) is 95.2 Å². The zero-order chi connectivity index (χ0) is 17.4. The summed E-state index contributed by atoms with van der Waals surface area (Å²) in [5, 5.41) is 6.48. The lowest BCUT2D eigenvalue weighted by Gasteiger charge is -2.10. The molecule has 0 unspecified atom stereocenters. The highest BCUT2D eigenvalue weighted by atomic mass is 16.6. The second-order valence-electron chi connectivity index (χ2n) is 6.05. The number of amides is 1. The molecule has 0 saturated heterocycles. The molecule has 0 atom stereocenters. The summed E-state index contributed by atoms with van der Waals surface area (Å²) < 4.78 is 11.1. The predicted octanol–water partition coefficient (Wildman–Crippen LogP) is 2.51. The number of hydrogen-bond acceptors (Lipinski definition) is 5.